The number of hydrogen-bond donors (Lipinski definition) is 3. The first-order chi connectivity index (χ1) is 20.8. The number of carbonyl (C=O) groups excluding carboxylic acids is 2. The molecule has 6 nitrogen and oxygen atoms in total. The van der Waals surface area contributed by atoms with Crippen molar-refractivity contribution in [2.75, 3.05) is 13.2 Å². The predicted molar refractivity (Wildman–Crippen MR) is 174 cm³/mol. The Morgan fingerprint density at radius 1 is 0.814 bits per heavy atom. The summed E-state index contributed by atoms with van der Waals surface area (Å²) in [5, 5.41) is 16.0. The van der Waals surface area contributed by atoms with E-state index < -0.39 is 0 Å². The molecule has 0 spiro atoms. The Bertz CT molecular complexity index is 1770. The van der Waals surface area contributed by atoms with Gasteiger partial charge in [0.05, 0.1) is 6.61 Å². The molecule has 43 heavy (non-hydrogen) atoms. The minimum atomic E-state index is -0.202. The zero-order valence-corrected chi connectivity index (χ0v) is 25.3. The maximum atomic E-state index is 13.1. The lowest BCUT2D eigenvalue weighted by atomic mass is 9.98. The van der Waals surface area contributed by atoms with Crippen molar-refractivity contribution in [3.8, 4) is 11.1 Å². The van der Waals surface area contributed by atoms with Crippen molar-refractivity contribution in [2.24, 2.45) is 0 Å². The molecule has 6 heteroatoms. The van der Waals surface area contributed by atoms with E-state index in [2.05, 4.69) is 67.2 Å². The number of nitrogens with zero attached hydrogens (tertiary/aromatic N) is 1. The number of aliphatic hydroxyl groups is 1. The standard InChI is InChI=1S/C37H39N3O3/c1-24(2)30-9-7-8-28(20-30)22-39-36(42)31-16-17-35-34(21-31)25(3)26(4)40(35)23-27-12-14-29(15-13-27)32-10-5-6-11-33(32)37(43)38-18-19-41/h5-17,20-21,24,41H,18-19,22-23H2,1-4H3,(H,38,43)(H,39,42). The lowest BCUT2D eigenvalue weighted by Gasteiger charge is -2.12. The molecule has 0 fully saturated rings. The highest BCUT2D eigenvalue weighted by Crippen LogP contribution is 2.29. The van der Waals surface area contributed by atoms with Crippen molar-refractivity contribution in [2.45, 2.75) is 46.7 Å². The molecule has 0 aliphatic rings. The topological polar surface area (TPSA) is 83.4 Å². The number of fused-ring (bicyclic) bond motifs is 1. The largest absolute Gasteiger partial charge is 0.395 e. The average molecular weight is 574 g/mol. The third-order valence-corrected chi connectivity index (χ3v) is 8.15. The maximum absolute atomic E-state index is 13.1. The van der Waals surface area contributed by atoms with Gasteiger partial charge in [0.1, 0.15) is 0 Å². The molecule has 0 aliphatic heterocycles. The molecule has 0 unspecified atom stereocenters. The molecule has 5 aromatic rings. The molecule has 2 amide bonds. The Balaban J connectivity index is 1.33. The van der Waals surface area contributed by atoms with Crippen LogP contribution in [-0.2, 0) is 13.1 Å². The molecule has 220 valence electrons. The molecule has 4 aromatic carbocycles. The number of amides is 2. The third kappa shape index (κ3) is 6.55. The van der Waals surface area contributed by atoms with E-state index in [9.17, 15) is 9.59 Å². The van der Waals surface area contributed by atoms with Crippen molar-refractivity contribution >= 4 is 22.7 Å². The molecular weight excluding hydrogens is 534 g/mol. The first-order valence-electron chi connectivity index (χ1n) is 14.8. The van der Waals surface area contributed by atoms with Gasteiger partial charge < -0.3 is 20.3 Å². The summed E-state index contributed by atoms with van der Waals surface area (Å²) in [6, 6.07) is 30.1. The highest BCUT2D eigenvalue weighted by Gasteiger charge is 2.16. The highest BCUT2D eigenvalue weighted by atomic mass is 16.3. The Morgan fingerprint density at radius 3 is 2.33 bits per heavy atom. The fourth-order valence-electron chi connectivity index (χ4n) is 5.51. The molecule has 0 atom stereocenters. The van der Waals surface area contributed by atoms with Crippen LogP contribution in [0.5, 0.6) is 0 Å². The molecule has 0 radical (unpaired) electrons. The summed E-state index contributed by atoms with van der Waals surface area (Å²) in [4.78, 5) is 25.7. The van der Waals surface area contributed by atoms with E-state index in [1.54, 1.807) is 6.07 Å². The number of aromatic nitrogens is 1. The van der Waals surface area contributed by atoms with Crippen LogP contribution in [0, 0.1) is 13.8 Å². The SMILES string of the molecule is Cc1c(C)n(Cc2ccc(-c3ccccc3C(=O)NCCO)cc2)c2ccc(C(=O)NCc3cccc(C(C)C)c3)cc12. The van der Waals surface area contributed by atoms with Gasteiger partial charge in [0.2, 0.25) is 0 Å². The van der Waals surface area contributed by atoms with E-state index in [1.165, 1.54) is 5.56 Å². The van der Waals surface area contributed by atoms with E-state index in [4.69, 9.17) is 5.11 Å². The first-order valence-corrected chi connectivity index (χ1v) is 14.8. The van der Waals surface area contributed by atoms with Crippen molar-refractivity contribution in [3.63, 3.8) is 0 Å². The summed E-state index contributed by atoms with van der Waals surface area (Å²) in [5.74, 6) is 0.161. The molecule has 1 heterocycles. The van der Waals surface area contributed by atoms with Gasteiger partial charge in [-0.1, -0.05) is 80.6 Å². The minimum Gasteiger partial charge on any atom is -0.395 e. The van der Waals surface area contributed by atoms with Gasteiger partial charge in [0, 0.05) is 47.4 Å². The van der Waals surface area contributed by atoms with E-state index in [0.29, 0.717) is 30.1 Å². The maximum Gasteiger partial charge on any atom is 0.251 e. The van der Waals surface area contributed by atoms with Crippen molar-refractivity contribution in [1.82, 2.24) is 15.2 Å². The van der Waals surface area contributed by atoms with Gasteiger partial charge >= 0.3 is 0 Å². The Morgan fingerprint density at radius 2 is 1.58 bits per heavy atom. The van der Waals surface area contributed by atoms with Crippen LogP contribution in [0.3, 0.4) is 0 Å². The molecule has 0 aliphatic carbocycles. The van der Waals surface area contributed by atoms with Crippen LogP contribution in [0.15, 0.2) is 91.0 Å². The van der Waals surface area contributed by atoms with Crippen LogP contribution in [0.4, 0.5) is 0 Å². The second-order valence-electron chi connectivity index (χ2n) is 11.3. The molecule has 0 bridgehead atoms. The lowest BCUT2D eigenvalue weighted by molar-refractivity contribution is 0.0940. The van der Waals surface area contributed by atoms with Crippen molar-refractivity contribution < 1.29 is 14.7 Å². The fourth-order valence-corrected chi connectivity index (χ4v) is 5.51. The third-order valence-electron chi connectivity index (χ3n) is 8.15. The number of hydrogen-bond acceptors (Lipinski definition) is 3. The minimum absolute atomic E-state index is 0.0810. The summed E-state index contributed by atoms with van der Waals surface area (Å²) in [6.07, 6.45) is 0. The number of nitrogens with one attached hydrogen (secondary N) is 2. The molecule has 3 N–H and O–H groups in total. The monoisotopic (exact) mass is 573 g/mol. The number of aryl methyl sites for hydroxylation is 1. The summed E-state index contributed by atoms with van der Waals surface area (Å²) in [7, 11) is 0. The first kappa shape index (κ1) is 29.8. The average Bonchev–Trinajstić information content (AvgIpc) is 3.27. The van der Waals surface area contributed by atoms with Crippen molar-refractivity contribution in [3.05, 3.63) is 130 Å². The Labute approximate surface area is 253 Å². The summed E-state index contributed by atoms with van der Waals surface area (Å²) in [5.41, 5.74) is 9.94. The highest BCUT2D eigenvalue weighted by molar-refractivity contribution is 6.01. The quantitative estimate of drug-likeness (QED) is 0.173. The van der Waals surface area contributed by atoms with Crippen molar-refractivity contribution in [1.29, 1.82) is 0 Å². The Hall–Kier alpha value is -4.68. The lowest BCUT2D eigenvalue weighted by Crippen LogP contribution is -2.26. The van der Waals surface area contributed by atoms with Gasteiger partial charge in [0.15, 0.2) is 0 Å². The van der Waals surface area contributed by atoms with Gasteiger partial charge in [0.25, 0.3) is 11.8 Å². The van der Waals surface area contributed by atoms with E-state index >= 15 is 0 Å². The summed E-state index contributed by atoms with van der Waals surface area (Å²) >= 11 is 0. The fraction of sp³-hybridized carbons (Fsp3) is 0.243. The predicted octanol–water partition coefficient (Wildman–Crippen LogP) is 6.75. The van der Waals surface area contributed by atoms with Crippen LogP contribution >= 0.6 is 0 Å². The molecule has 0 saturated carbocycles. The van der Waals surface area contributed by atoms with Crippen LogP contribution in [-0.4, -0.2) is 34.6 Å². The Kier molecular flexibility index (Phi) is 9.07. The van der Waals surface area contributed by atoms with Gasteiger partial charge in [-0.3, -0.25) is 9.59 Å². The summed E-state index contributed by atoms with van der Waals surface area (Å²) in [6.45, 7) is 9.86. The molecule has 0 saturated heterocycles. The van der Waals surface area contributed by atoms with Gasteiger partial charge in [-0.2, -0.15) is 0 Å². The molecule has 1 aromatic heterocycles. The normalized spacial score (nSPS) is 11.2. The second-order valence-corrected chi connectivity index (χ2v) is 11.3. The zero-order chi connectivity index (χ0) is 30.5. The number of aliphatic hydroxyl groups excluding tert-OH is 1. The number of benzene rings is 4. The molecule has 5 rings (SSSR count). The molecular formula is C37H39N3O3. The van der Waals surface area contributed by atoms with Gasteiger partial charge in [-0.25, -0.2) is 0 Å². The van der Waals surface area contributed by atoms with E-state index in [-0.39, 0.29) is 25.0 Å². The number of rotatable bonds is 10. The van der Waals surface area contributed by atoms with Crippen LogP contribution in [0.25, 0.3) is 22.0 Å². The van der Waals surface area contributed by atoms with Gasteiger partial charge in [-0.15, -0.1) is 0 Å². The van der Waals surface area contributed by atoms with Gasteiger partial charge in [-0.05, 0) is 77.4 Å². The van der Waals surface area contributed by atoms with Crippen LogP contribution in [0.2, 0.25) is 0 Å². The smallest absolute Gasteiger partial charge is 0.251 e. The van der Waals surface area contributed by atoms with Crippen LogP contribution in [0.1, 0.15) is 68.4 Å². The van der Waals surface area contributed by atoms with E-state index in [1.807, 2.05) is 60.7 Å². The second kappa shape index (κ2) is 13.1. The van der Waals surface area contributed by atoms with E-state index in [0.717, 1.165) is 44.4 Å². The van der Waals surface area contributed by atoms with Crippen LogP contribution < -0.4 is 10.6 Å². The zero-order valence-electron chi connectivity index (χ0n) is 25.3. The summed E-state index contributed by atoms with van der Waals surface area (Å²) < 4.78 is 2.29. The number of carbonyl (C=O) groups is 2.